The van der Waals surface area contributed by atoms with Crippen LogP contribution in [-0.4, -0.2) is 23.0 Å². The van der Waals surface area contributed by atoms with Crippen molar-refractivity contribution in [3.8, 4) is 0 Å². The van der Waals surface area contributed by atoms with Gasteiger partial charge >= 0.3 is 5.97 Å². The zero-order chi connectivity index (χ0) is 16.2. The van der Waals surface area contributed by atoms with Gasteiger partial charge in [0.15, 0.2) is 0 Å². The summed E-state index contributed by atoms with van der Waals surface area (Å²) in [6, 6.07) is 0. The lowest BCUT2D eigenvalue weighted by atomic mass is 9.67. The first-order valence-corrected chi connectivity index (χ1v) is 9.73. The summed E-state index contributed by atoms with van der Waals surface area (Å²) in [5.41, 5.74) is -0.236. The smallest absolute Gasteiger partial charge is 0.313 e. The van der Waals surface area contributed by atoms with Gasteiger partial charge in [-0.25, -0.2) is 0 Å². The van der Waals surface area contributed by atoms with Crippen LogP contribution in [0.1, 0.15) is 59.3 Å². The molecule has 2 aliphatic rings. The first-order valence-electron chi connectivity index (χ1n) is 8.61. The Kier molecular flexibility index (Phi) is 6.36. The number of halogens is 1. The molecule has 2 rings (SSSR count). The molecule has 0 bridgehead atoms. The van der Waals surface area contributed by atoms with Crippen LogP contribution in [0.15, 0.2) is 12.3 Å². The quantitative estimate of drug-likeness (QED) is 0.364. The van der Waals surface area contributed by atoms with Crippen molar-refractivity contribution in [1.29, 1.82) is 0 Å². The van der Waals surface area contributed by atoms with Crippen molar-refractivity contribution >= 4 is 21.9 Å². The summed E-state index contributed by atoms with van der Waals surface area (Å²) in [6.07, 6.45) is 10.0. The molecule has 0 aromatic carbocycles. The Morgan fingerprint density at radius 3 is 2.86 bits per heavy atom. The van der Waals surface area contributed by atoms with Crippen molar-refractivity contribution in [2.24, 2.45) is 17.8 Å². The molecule has 2 fully saturated rings. The van der Waals surface area contributed by atoms with Crippen molar-refractivity contribution in [2.75, 3.05) is 5.33 Å². The molecule has 0 radical (unpaired) electrons. The highest BCUT2D eigenvalue weighted by Crippen LogP contribution is 2.51. The second kappa shape index (κ2) is 7.85. The highest BCUT2D eigenvalue weighted by Gasteiger charge is 2.58. The molecule has 1 saturated heterocycles. The van der Waals surface area contributed by atoms with Gasteiger partial charge in [0.25, 0.3) is 0 Å². The topological polar surface area (TPSA) is 35.5 Å². The predicted octanol–water partition coefficient (Wildman–Crippen LogP) is 4.84. The van der Waals surface area contributed by atoms with Crippen LogP contribution in [0.25, 0.3) is 0 Å². The molecule has 1 heterocycles. The average molecular weight is 373 g/mol. The third-order valence-electron chi connectivity index (χ3n) is 5.17. The number of carbonyl (C=O) groups excluding carboxylic acids is 1. The minimum atomic E-state index is -0.236. The molecular weight excluding hydrogens is 344 g/mol. The van der Waals surface area contributed by atoms with Gasteiger partial charge in [0.1, 0.15) is 17.6 Å². The fourth-order valence-corrected chi connectivity index (χ4v) is 4.50. The summed E-state index contributed by atoms with van der Waals surface area (Å²) >= 11 is 3.51. The van der Waals surface area contributed by atoms with E-state index < -0.39 is 0 Å². The maximum atomic E-state index is 12.7. The lowest BCUT2D eigenvalue weighted by Gasteiger charge is -2.40. The lowest BCUT2D eigenvalue weighted by Crippen LogP contribution is -2.43. The molecular formula is C18H29BrO3. The van der Waals surface area contributed by atoms with Gasteiger partial charge in [0.05, 0.1) is 6.26 Å². The Morgan fingerprint density at radius 1 is 1.45 bits per heavy atom. The van der Waals surface area contributed by atoms with Gasteiger partial charge in [-0.05, 0) is 44.9 Å². The van der Waals surface area contributed by atoms with Crippen LogP contribution < -0.4 is 0 Å². The Hall–Kier alpha value is -0.510. The summed E-state index contributed by atoms with van der Waals surface area (Å²) in [6.45, 7) is 6.19. The van der Waals surface area contributed by atoms with E-state index in [0.29, 0.717) is 11.8 Å². The molecule has 22 heavy (non-hydrogen) atoms. The normalized spacial score (nSPS) is 33.0. The second-order valence-corrected chi connectivity index (χ2v) is 7.76. The second-order valence-electron chi connectivity index (χ2n) is 6.97. The van der Waals surface area contributed by atoms with Crippen LogP contribution in [0.3, 0.4) is 0 Å². The van der Waals surface area contributed by atoms with Crippen molar-refractivity contribution in [2.45, 2.75) is 71.0 Å². The highest BCUT2D eigenvalue weighted by atomic mass is 79.9. The number of allylic oxidation sites excluding steroid dienone is 1. The number of ether oxygens (including phenoxy) is 2. The molecule has 0 unspecified atom stereocenters. The van der Waals surface area contributed by atoms with Gasteiger partial charge in [-0.3, -0.25) is 4.79 Å². The number of hydrogen-bond donors (Lipinski definition) is 0. The van der Waals surface area contributed by atoms with Crippen LogP contribution in [0, 0.1) is 17.8 Å². The van der Waals surface area contributed by atoms with Gasteiger partial charge in [0.2, 0.25) is 0 Å². The standard InChI is InChI=1S/C18H29BrO3/c1-4-12-21-16(13(2)3)15-14-8-5-6-9-18(14,10-7-11-19)22-17(15)20/h4,12-16H,5-11H2,1-3H3/b12-4-/t14-,15+,16-,18+/m0/s1. The van der Waals surface area contributed by atoms with Crippen molar-refractivity contribution < 1.29 is 14.3 Å². The number of carbonyl (C=O) groups is 1. The first kappa shape index (κ1) is 17.8. The molecule has 4 atom stereocenters. The Morgan fingerprint density at radius 2 is 2.23 bits per heavy atom. The Labute approximate surface area is 142 Å². The van der Waals surface area contributed by atoms with Gasteiger partial charge in [-0.1, -0.05) is 42.3 Å². The summed E-state index contributed by atoms with van der Waals surface area (Å²) in [7, 11) is 0. The third-order valence-corrected chi connectivity index (χ3v) is 5.73. The number of fused-ring (bicyclic) bond motifs is 1. The maximum Gasteiger partial charge on any atom is 0.313 e. The molecule has 0 aromatic rings. The third kappa shape index (κ3) is 3.52. The van der Waals surface area contributed by atoms with E-state index in [2.05, 4.69) is 29.8 Å². The van der Waals surface area contributed by atoms with Crippen LogP contribution in [0.5, 0.6) is 0 Å². The van der Waals surface area contributed by atoms with Crippen molar-refractivity contribution in [3.05, 3.63) is 12.3 Å². The zero-order valence-corrected chi connectivity index (χ0v) is 15.6. The van der Waals surface area contributed by atoms with Crippen LogP contribution >= 0.6 is 15.9 Å². The maximum absolute atomic E-state index is 12.7. The zero-order valence-electron chi connectivity index (χ0n) is 14.0. The van der Waals surface area contributed by atoms with Gasteiger partial charge in [0, 0.05) is 11.2 Å². The number of alkyl halides is 1. The molecule has 0 amide bonds. The van der Waals surface area contributed by atoms with E-state index >= 15 is 0 Å². The minimum Gasteiger partial charge on any atom is -0.497 e. The van der Waals surface area contributed by atoms with Crippen LogP contribution in [-0.2, 0) is 14.3 Å². The highest BCUT2D eigenvalue weighted by molar-refractivity contribution is 9.09. The molecule has 0 aromatic heterocycles. The minimum absolute atomic E-state index is 0.0373. The molecule has 0 N–H and O–H groups in total. The lowest BCUT2D eigenvalue weighted by molar-refractivity contribution is -0.155. The van der Waals surface area contributed by atoms with E-state index in [1.54, 1.807) is 6.26 Å². The monoisotopic (exact) mass is 372 g/mol. The molecule has 1 aliphatic heterocycles. The van der Waals surface area contributed by atoms with Gasteiger partial charge < -0.3 is 9.47 Å². The molecule has 1 saturated carbocycles. The SMILES string of the molecule is C/C=C\O[C@@H](C(C)C)[C@@H]1C(=O)O[C@@]2(CCCBr)CCCC[C@@H]12. The van der Waals surface area contributed by atoms with E-state index in [1.165, 1.54) is 12.8 Å². The fourth-order valence-electron chi connectivity index (χ4n) is 4.22. The van der Waals surface area contributed by atoms with E-state index in [4.69, 9.17) is 9.47 Å². The Balaban J connectivity index is 2.24. The molecule has 0 spiro atoms. The Bertz CT molecular complexity index is 407. The molecule has 4 heteroatoms. The van der Waals surface area contributed by atoms with Crippen LogP contribution in [0.4, 0.5) is 0 Å². The summed E-state index contributed by atoms with van der Waals surface area (Å²) < 4.78 is 11.9. The van der Waals surface area contributed by atoms with Crippen molar-refractivity contribution in [3.63, 3.8) is 0 Å². The number of hydrogen-bond acceptors (Lipinski definition) is 3. The molecule has 1 aliphatic carbocycles. The largest absolute Gasteiger partial charge is 0.497 e. The van der Waals surface area contributed by atoms with E-state index in [1.807, 2.05) is 13.0 Å². The predicted molar refractivity (Wildman–Crippen MR) is 91.8 cm³/mol. The number of rotatable bonds is 7. The first-order chi connectivity index (χ1) is 10.6. The van der Waals surface area contributed by atoms with Gasteiger partial charge in [-0.2, -0.15) is 0 Å². The fraction of sp³-hybridized carbons (Fsp3) is 0.833. The van der Waals surface area contributed by atoms with E-state index in [0.717, 1.165) is 31.0 Å². The summed E-state index contributed by atoms with van der Waals surface area (Å²) in [5, 5.41) is 0.965. The van der Waals surface area contributed by atoms with E-state index in [9.17, 15) is 4.79 Å². The average Bonchev–Trinajstić information content (AvgIpc) is 2.78. The summed E-state index contributed by atoms with van der Waals surface area (Å²) in [4.78, 5) is 12.7. The number of esters is 1. The van der Waals surface area contributed by atoms with Gasteiger partial charge in [-0.15, -0.1) is 0 Å². The van der Waals surface area contributed by atoms with E-state index in [-0.39, 0.29) is 23.6 Å². The van der Waals surface area contributed by atoms with Crippen molar-refractivity contribution in [1.82, 2.24) is 0 Å². The summed E-state index contributed by atoms with van der Waals surface area (Å²) in [5.74, 6) is 0.449. The molecule has 3 nitrogen and oxygen atoms in total. The van der Waals surface area contributed by atoms with Crippen LogP contribution in [0.2, 0.25) is 0 Å². The molecule has 126 valence electrons.